The molecule has 1 atom stereocenters. The maximum atomic E-state index is 11.7. The van der Waals surface area contributed by atoms with Gasteiger partial charge < -0.3 is 15.4 Å². The minimum absolute atomic E-state index is 0.512. The molecule has 2 aromatic rings. The predicted octanol–water partition coefficient (Wildman–Crippen LogP) is 7.23. The van der Waals surface area contributed by atoms with Crippen LogP contribution in [0.5, 0.6) is 0 Å². The maximum absolute atomic E-state index is 11.7. The maximum Gasteiger partial charge on any atom is 0.321 e. The van der Waals surface area contributed by atoms with Crippen LogP contribution in [-0.2, 0) is 11.2 Å². The van der Waals surface area contributed by atoms with E-state index in [0.29, 0.717) is 6.42 Å². The lowest BCUT2D eigenvalue weighted by Gasteiger charge is -2.14. The molecule has 4 nitrogen and oxygen atoms in total. The first-order valence-electron chi connectivity index (χ1n) is 12.7. The van der Waals surface area contributed by atoms with Crippen LogP contribution < -0.4 is 5.32 Å². The molecular weight excluding hydrogens is 384 g/mol. The number of aromatic nitrogens is 1. The van der Waals surface area contributed by atoms with E-state index in [1.165, 1.54) is 83.5 Å². The number of nitrogens with one attached hydrogen (secondary N) is 2. The third kappa shape index (κ3) is 10.4. The van der Waals surface area contributed by atoms with E-state index < -0.39 is 12.0 Å². The number of fused-ring (bicyclic) bond motifs is 1. The monoisotopic (exact) mass is 428 g/mol. The van der Waals surface area contributed by atoms with Crippen molar-refractivity contribution in [3.8, 4) is 0 Å². The zero-order valence-electron chi connectivity index (χ0n) is 19.6. The van der Waals surface area contributed by atoms with Gasteiger partial charge in [0.05, 0.1) is 0 Å². The van der Waals surface area contributed by atoms with Crippen molar-refractivity contribution in [1.29, 1.82) is 0 Å². The molecule has 1 heterocycles. The number of hydrogen-bond acceptors (Lipinski definition) is 2. The zero-order valence-corrected chi connectivity index (χ0v) is 19.6. The van der Waals surface area contributed by atoms with E-state index in [0.717, 1.165) is 29.4 Å². The second-order valence-electron chi connectivity index (χ2n) is 9.00. The number of para-hydroxylation sites is 1. The number of benzene rings is 1. The van der Waals surface area contributed by atoms with E-state index in [1.54, 1.807) is 0 Å². The molecule has 31 heavy (non-hydrogen) atoms. The number of hydrogen-bond donors (Lipinski definition) is 3. The fourth-order valence-electron chi connectivity index (χ4n) is 4.36. The molecule has 174 valence electrons. The molecular formula is C27H44N2O2. The standard InChI is InChI=1S/C27H44N2O2/c1-2-3-4-5-6-7-8-9-10-11-12-13-14-17-20-28-26(27(30)31)21-23-22-29-25-19-16-15-18-24(23)25/h15-16,18-19,22,26,28-29H,2-14,17,20-21H2,1H3,(H,30,31)/t26-/m0/s1. The third-order valence-corrected chi connectivity index (χ3v) is 6.32. The van der Waals surface area contributed by atoms with E-state index in [-0.39, 0.29) is 0 Å². The Labute approximate surface area is 189 Å². The van der Waals surface area contributed by atoms with Crippen LogP contribution in [0.25, 0.3) is 10.9 Å². The molecule has 0 bridgehead atoms. The first-order valence-corrected chi connectivity index (χ1v) is 12.7. The summed E-state index contributed by atoms with van der Waals surface area (Å²) in [6, 6.07) is 7.54. The highest BCUT2D eigenvalue weighted by molar-refractivity contribution is 5.84. The van der Waals surface area contributed by atoms with Gasteiger partial charge in [0.2, 0.25) is 0 Å². The van der Waals surface area contributed by atoms with Gasteiger partial charge in [0, 0.05) is 23.5 Å². The number of unbranched alkanes of at least 4 members (excludes halogenated alkanes) is 13. The lowest BCUT2D eigenvalue weighted by Crippen LogP contribution is -2.39. The minimum Gasteiger partial charge on any atom is -0.480 e. The predicted molar refractivity (Wildman–Crippen MR) is 132 cm³/mol. The number of carbonyl (C=O) groups is 1. The summed E-state index contributed by atoms with van der Waals surface area (Å²) in [4.78, 5) is 14.9. The molecule has 0 saturated heterocycles. The van der Waals surface area contributed by atoms with Gasteiger partial charge >= 0.3 is 5.97 Å². The third-order valence-electron chi connectivity index (χ3n) is 6.32. The Balaban J connectivity index is 1.47. The highest BCUT2D eigenvalue weighted by Crippen LogP contribution is 2.19. The van der Waals surface area contributed by atoms with Gasteiger partial charge in [0.1, 0.15) is 6.04 Å². The molecule has 0 aliphatic heterocycles. The molecule has 2 rings (SSSR count). The number of carboxylic acid groups (broad SMARTS) is 1. The van der Waals surface area contributed by atoms with E-state index in [2.05, 4.69) is 17.2 Å². The molecule has 0 spiro atoms. The minimum atomic E-state index is -0.768. The number of H-pyrrole nitrogens is 1. The molecule has 0 aliphatic carbocycles. The second-order valence-corrected chi connectivity index (χ2v) is 9.00. The van der Waals surface area contributed by atoms with Crippen molar-refractivity contribution in [3.63, 3.8) is 0 Å². The van der Waals surface area contributed by atoms with Crippen molar-refractivity contribution >= 4 is 16.9 Å². The molecule has 0 aliphatic rings. The van der Waals surface area contributed by atoms with Crippen LogP contribution in [0.15, 0.2) is 30.5 Å². The molecule has 1 aromatic carbocycles. The molecule has 3 N–H and O–H groups in total. The number of carboxylic acids is 1. The van der Waals surface area contributed by atoms with Gasteiger partial charge in [-0.3, -0.25) is 4.79 Å². The first kappa shape index (κ1) is 25.5. The lowest BCUT2D eigenvalue weighted by atomic mass is 10.0. The van der Waals surface area contributed by atoms with Crippen LogP contribution in [0.4, 0.5) is 0 Å². The van der Waals surface area contributed by atoms with Gasteiger partial charge in [-0.1, -0.05) is 109 Å². The molecule has 4 heteroatoms. The first-order chi connectivity index (χ1) is 15.2. The highest BCUT2D eigenvalue weighted by Gasteiger charge is 2.18. The summed E-state index contributed by atoms with van der Waals surface area (Å²) >= 11 is 0. The Hall–Kier alpha value is -1.81. The SMILES string of the molecule is CCCCCCCCCCCCCCCCN[C@@H](Cc1c[nH]c2ccccc12)C(=O)O. The van der Waals surface area contributed by atoms with Gasteiger partial charge in [0.25, 0.3) is 0 Å². The average molecular weight is 429 g/mol. The summed E-state index contributed by atoms with van der Waals surface area (Å²) in [5.41, 5.74) is 2.13. The van der Waals surface area contributed by atoms with Crippen LogP contribution >= 0.6 is 0 Å². The van der Waals surface area contributed by atoms with Crippen molar-refractivity contribution in [3.05, 3.63) is 36.0 Å². The number of aliphatic carboxylic acids is 1. The summed E-state index contributed by atoms with van der Waals surface area (Å²) in [7, 11) is 0. The molecule has 0 saturated carbocycles. The van der Waals surface area contributed by atoms with Crippen molar-refractivity contribution < 1.29 is 9.90 Å². The Morgan fingerprint density at radius 2 is 1.42 bits per heavy atom. The van der Waals surface area contributed by atoms with Gasteiger partial charge in [-0.15, -0.1) is 0 Å². The van der Waals surface area contributed by atoms with Gasteiger partial charge in [0.15, 0.2) is 0 Å². The van der Waals surface area contributed by atoms with Crippen molar-refractivity contribution in [2.24, 2.45) is 0 Å². The summed E-state index contributed by atoms with van der Waals surface area (Å²) in [5.74, 6) is -0.768. The highest BCUT2D eigenvalue weighted by atomic mass is 16.4. The molecule has 0 fully saturated rings. The normalized spacial score (nSPS) is 12.4. The fourth-order valence-corrected chi connectivity index (χ4v) is 4.36. The van der Waals surface area contributed by atoms with Crippen LogP contribution in [0.3, 0.4) is 0 Å². The van der Waals surface area contributed by atoms with Gasteiger partial charge in [-0.05, 0) is 24.6 Å². The fraction of sp³-hybridized carbons (Fsp3) is 0.667. The molecule has 0 unspecified atom stereocenters. The summed E-state index contributed by atoms with van der Waals surface area (Å²) in [6.07, 6.45) is 21.2. The quantitative estimate of drug-likeness (QED) is 0.207. The van der Waals surface area contributed by atoms with Crippen LogP contribution in [0.1, 0.15) is 102 Å². The van der Waals surface area contributed by atoms with E-state index in [4.69, 9.17) is 0 Å². The van der Waals surface area contributed by atoms with Crippen molar-refractivity contribution in [1.82, 2.24) is 10.3 Å². The lowest BCUT2D eigenvalue weighted by molar-refractivity contribution is -0.139. The number of rotatable bonds is 19. The topological polar surface area (TPSA) is 65.1 Å². The smallest absolute Gasteiger partial charge is 0.321 e. The van der Waals surface area contributed by atoms with E-state index >= 15 is 0 Å². The molecule has 0 radical (unpaired) electrons. The van der Waals surface area contributed by atoms with E-state index in [1.807, 2.05) is 30.5 Å². The van der Waals surface area contributed by atoms with Crippen LogP contribution in [0, 0.1) is 0 Å². The van der Waals surface area contributed by atoms with Gasteiger partial charge in [-0.2, -0.15) is 0 Å². The van der Waals surface area contributed by atoms with E-state index in [9.17, 15) is 9.90 Å². The van der Waals surface area contributed by atoms with Crippen molar-refractivity contribution in [2.75, 3.05) is 6.54 Å². The summed E-state index contributed by atoms with van der Waals surface area (Å²) in [6.45, 7) is 3.05. The van der Waals surface area contributed by atoms with Crippen LogP contribution in [-0.4, -0.2) is 28.6 Å². The Morgan fingerprint density at radius 1 is 0.871 bits per heavy atom. The second kappa shape index (κ2) is 15.9. The van der Waals surface area contributed by atoms with Crippen LogP contribution in [0.2, 0.25) is 0 Å². The Morgan fingerprint density at radius 3 is 2.00 bits per heavy atom. The Kier molecular flexibility index (Phi) is 13.1. The zero-order chi connectivity index (χ0) is 22.2. The van der Waals surface area contributed by atoms with Gasteiger partial charge in [-0.25, -0.2) is 0 Å². The average Bonchev–Trinajstić information content (AvgIpc) is 3.18. The molecule has 1 aromatic heterocycles. The molecule has 0 amide bonds. The Bertz CT molecular complexity index is 725. The summed E-state index contributed by atoms with van der Waals surface area (Å²) < 4.78 is 0. The number of aromatic amines is 1. The summed E-state index contributed by atoms with van der Waals surface area (Å²) in [5, 5.41) is 14.0. The van der Waals surface area contributed by atoms with Crippen molar-refractivity contribution in [2.45, 2.75) is 109 Å². The largest absolute Gasteiger partial charge is 0.480 e.